The van der Waals surface area contributed by atoms with Gasteiger partial charge >= 0.3 is 0 Å². The number of carbonyl (C=O) groups is 1. The van der Waals surface area contributed by atoms with Gasteiger partial charge in [0.2, 0.25) is 5.91 Å². The quantitative estimate of drug-likeness (QED) is 0.833. The van der Waals surface area contributed by atoms with Crippen molar-refractivity contribution in [3.8, 4) is 0 Å². The summed E-state index contributed by atoms with van der Waals surface area (Å²) in [6.07, 6.45) is 0.174. The molecule has 0 saturated heterocycles. The largest absolute Gasteiger partial charge is 0.349 e. The Kier molecular flexibility index (Phi) is 5.49. The minimum absolute atomic E-state index is 0.0614. The fourth-order valence-corrected chi connectivity index (χ4v) is 2.99. The first-order chi connectivity index (χ1) is 10.4. The minimum atomic E-state index is -0.0941. The van der Waals surface area contributed by atoms with Crippen molar-refractivity contribution in [2.75, 3.05) is 0 Å². The van der Waals surface area contributed by atoms with E-state index in [-0.39, 0.29) is 18.4 Å². The highest BCUT2D eigenvalue weighted by Gasteiger charge is 2.15. The average Bonchev–Trinajstić information content (AvgIpc) is 2.45. The first-order valence-corrected chi connectivity index (χ1v) is 7.93. The van der Waals surface area contributed by atoms with Crippen molar-refractivity contribution < 1.29 is 4.79 Å². The Morgan fingerprint density at radius 3 is 2.41 bits per heavy atom. The van der Waals surface area contributed by atoms with E-state index in [0.29, 0.717) is 15.6 Å². The summed E-state index contributed by atoms with van der Waals surface area (Å²) in [5.41, 5.74) is 4.13. The van der Waals surface area contributed by atoms with Crippen LogP contribution >= 0.6 is 23.2 Å². The lowest BCUT2D eigenvalue weighted by Gasteiger charge is -2.18. The molecule has 1 atom stereocenters. The predicted octanol–water partition coefficient (Wildman–Crippen LogP) is 5.03. The third-order valence-electron chi connectivity index (χ3n) is 3.68. The van der Waals surface area contributed by atoms with Crippen molar-refractivity contribution in [1.82, 2.24) is 5.32 Å². The fraction of sp³-hybridized carbons (Fsp3) is 0.278. The Bertz CT molecular complexity index is 677. The summed E-state index contributed by atoms with van der Waals surface area (Å²) in [7, 11) is 0. The summed E-state index contributed by atoms with van der Waals surface area (Å²) in [5, 5.41) is 4.04. The molecule has 0 aliphatic heterocycles. The summed E-state index contributed by atoms with van der Waals surface area (Å²) < 4.78 is 0. The van der Waals surface area contributed by atoms with E-state index in [0.717, 1.165) is 11.1 Å². The van der Waals surface area contributed by atoms with Gasteiger partial charge in [0.05, 0.1) is 12.5 Å². The van der Waals surface area contributed by atoms with Crippen LogP contribution < -0.4 is 5.32 Å². The van der Waals surface area contributed by atoms with Crippen LogP contribution in [0.25, 0.3) is 0 Å². The normalized spacial score (nSPS) is 12.0. The standard InChI is InChI=1S/C18H19Cl2NO/c1-11-7-8-12(2)14(9-11)13(3)21-18(22)10-15-16(19)5-4-6-17(15)20/h4-9,13H,10H2,1-3H3,(H,21,22). The summed E-state index contributed by atoms with van der Waals surface area (Å²) in [6.45, 7) is 6.07. The number of hydrogen-bond donors (Lipinski definition) is 1. The number of amides is 1. The lowest BCUT2D eigenvalue weighted by Crippen LogP contribution is -2.28. The highest BCUT2D eigenvalue weighted by atomic mass is 35.5. The number of hydrogen-bond acceptors (Lipinski definition) is 1. The van der Waals surface area contributed by atoms with Gasteiger partial charge < -0.3 is 5.32 Å². The van der Waals surface area contributed by atoms with E-state index < -0.39 is 0 Å². The van der Waals surface area contributed by atoms with Crippen LogP contribution in [0.3, 0.4) is 0 Å². The van der Waals surface area contributed by atoms with Crippen LogP contribution in [0.4, 0.5) is 0 Å². The van der Waals surface area contributed by atoms with Gasteiger partial charge in [-0.3, -0.25) is 4.79 Å². The van der Waals surface area contributed by atoms with Gasteiger partial charge in [-0.15, -0.1) is 0 Å². The second-order valence-corrected chi connectivity index (χ2v) is 6.34. The molecular weight excluding hydrogens is 317 g/mol. The minimum Gasteiger partial charge on any atom is -0.349 e. The first-order valence-electron chi connectivity index (χ1n) is 7.18. The molecule has 2 nitrogen and oxygen atoms in total. The molecule has 1 amide bonds. The lowest BCUT2D eigenvalue weighted by atomic mass is 9.99. The number of benzene rings is 2. The molecule has 116 valence electrons. The molecule has 0 saturated carbocycles. The highest BCUT2D eigenvalue weighted by molar-refractivity contribution is 6.36. The molecule has 0 aromatic heterocycles. The van der Waals surface area contributed by atoms with Crippen molar-refractivity contribution in [1.29, 1.82) is 0 Å². The van der Waals surface area contributed by atoms with Crippen LogP contribution in [0.15, 0.2) is 36.4 Å². The van der Waals surface area contributed by atoms with Gasteiger partial charge in [-0.2, -0.15) is 0 Å². The Hall–Kier alpha value is -1.51. The van der Waals surface area contributed by atoms with E-state index in [4.69, 9.17) is 23.2 Å². The van der Waals surface area contributed by atoms with Crippen LogP contribution in [-0.4, -0.2) is 5.91 Å². The molecule has 0 radical (unpaired) electrons. The van der Waals surface area contributed by atoms with E-state index in [9.17, 15) is 4.79 Å². The van der Waals surface area contributed by atoms with Crippen LogP contribution in [0.2, 0.25) is 10.0 Å². The third-order valence-corrected chi connectivity index (χ3v) is 4.39. The molecule has 0 aliphatic carbocycles. The SMILES string of the molecule is Cc1ccc(C)c(C(C)NC(=O)Cc2c(Cl)cccc2Cl)c1. The number of aryl methyl sites for hydroxylation is 2. The third kappa shape index (κ3) is 4.02. The molecule has 2 rings (SSSR count). The van der Waals surface area contributed by atoms with Crippen molar-refractivity contribution >= 4 is 29.1 Å². The number of halogens is 2. The maximum atomic E-state index is 12.3. The van der Waals surface area contributed by atoms with Crippen LogP contribution in [-0.2, 0) is 11.2 Å². The van der Waals surface area contributed by atoms with Crippen LogP contribution in [0.5, 0.6) is 0 Å². The molecule has 22 heavy (non-hydrogen) atoms. The molecule has 1 N–H and O–H groups in total. The molecule has 0 fully saturated rings. The molecule has 0 spiro atoms. The van der Waals surface area contributed by atoms with E-state index in [2.05, 4.69) is 23.5 Å². The van der Waals surface area contributed by atoms with E-state index in [1.165, 1.54) is 5.56 Å². The van der Waals surface area contributed by atoms with E-state index in [1.54, 1.807) is 18.2 Å². The van der Waals surface area contributed by atoms with E-state index in [1.807, 2.05) is 20.8 Å². The van der Waals surface area contributed by atoms with Crippen molar-refractivity contribution in [2.24, 2.45) is 0 Å². The number of nitrogens with one attached hydrogen (secondary N) is 1. The maximum Gasteiger partial charge on any atom is 0.225 e. The monoisotopic (exact) mass is 335 g/mol. The van der Waals surface area contributed by atoms with Crippen LogP contribution in [0.1, 0.15) is 35.2 Å². The zero-order valence-corrected chi connectivity index (χ0v) is 14.4. The molecule has 0 aliphatic rings. The maximum absolute atomic E-state index is 12.3. The summed E-state index contributed by atoms with van der Waals surface area (Å²) in [4.78, 5) is 12.3. The van der Waals surface area contributed by atoms with Gasteiger partial charge in [0.15, 0.2) is 0 Å². The Balaban J connectivity index is 2.10. The van der Waals surface area contributed by atoms with Crippen LogP contribution in [0, 0.1) is 13.8 Å². The molecule has 4 heteroatoms. The van der Waals surface area contributed by atoms with Gasteiger partial charge in [0.25, 0.3) is 0 Å². The molecule has 1 unspecified atom stereocenters. The zero-order chi connectivity index (χ0) is 16.3. The second kappa shape index (κ2) is 7.17. The van der Waals surface area contributed by atoms with Crippen molar-refractivity contribution in [3.63, 3.8) is 0 Å². The first kappa shape index (κ1) is 16.9. The average molecular weight is 336 g/mol. The summed E-state index contributed by atoms with van der Waals surface area (Å²) in [6, 6.07) is 11.4. The molecular formula is C18H19Cl2NO. The Morgan fingerprint density at radius 2 is 1.77 bits per heavy atom. The lowest BCUT2D eigenvalue weighted by molar-refractivity contribution is -0.121. The van der Waals surface area contributed by atoms with Gasteiger partial charge in [-0.05, 0) is 49.6 Å². The number of carbonyl (C=O) groups excluding carboxylic acids is 1. The van der Waals surface area contributed by atoms with Gasteiger partial charge in [-0.25, -0.2) is 0 Å². The zero-order valence-electron chi connectivity index (χ0n) is 12.9. The highest BCUT2D eigenvalue weighted by Crippen LogP contribution is 2.25. The Morgan fingerprint density at radius 1 is 1.14 bits per heavy atom. The molecule has 0 heterocycles. The van der Waals surface area contributed by atoms with E-state index >= 15 is 0 Å². The van der Waals surface area contributed by atoms with Gasteiger partial charge in [0.1, 0.15) is 0 Å². The molecule has 2 aromatic carbocycles. The number of rotatable bonds is 4. The predicted molar refractivity (Wildman–Crippen MR) is 92.6 cm³/mol. The van der Waals surface area contributed by atoms with Crippen molar-refractivity contribution in [3.05, 3.63) is 68.7 Å². The molecule has 0 bridgehead atoms. The summed E-state index contributed by atoms with van der Waals surface area (Å²) >= 11 is 12.2. The van der Waals surface area contributed by atoms with Gasteiger partial charge in [0, 0.05) is 10.0 Å². The summed E-state index contributed by atoms with van der Waals surface area (Å²) in [5.74, 6) is -0.0941. The smallest absolute Gasteiger partial charge is 0.225 e. The fourth-order valence-electron chi connectivity index (χ4n) is 2.46. The second-order valence-electron chi connectivity index (χ2n) is 5.53. The topological polar surface area (TPSA) is 29.1 Å². The van der Waals surface area contributed by atoms with Crippen molar-refractivity contribution in [2.45, 2.75) is 33.2 Å². The molecule has 2 aromatic rings. The van der Waals surface area contributed by atoms with Gasteiger partial charge in [-0.1, -0.05) is 53.0 Å². The Labute approximate surface area is 141 Å².